The molecule has 106 valence electrons. The summed E-state index contributed by atoms with van der Waals surface area (Å²) < 4.78 is 0. The summed E-state index contributed by atoms with van der Waals surface area (Å²) in [6.07, 6.45) is 2.59. The Morgan fingerprint density at radius 2 is 2.11 bits per heavy atom. The van der Waals surface area contributed by atoms with E-state index in [1.54, 1.807) is 0 Å². The lowest BCUT2D eigenvalue weighted by Crippen LogP contribution is -2.23. The number of nitrogens with zero attached hydrogens (tertiary/aromatic N) is 1. The van der Waals surface area contributed by atoms with E-state index in [0.29, 0.717) is 0 Å². The molecule has 0 spiro atoms. The Morgan fingerprint density at radius 3 is 2.74 bits per heavy atom. The monoisotopic (exact) mass is 260 g/mol. The first-order valence-electron chi connectivity index (χ1n) is 7.63. The van der Waals surface area contributed by atoms with Crippen molar-refractivity contribution in [2.75, 3.05) is 25.0 Å². The molecule has 2 unspecified atom stereocenters. The zero-order valence-electron chi connectivity index (χ0n) is 12.9. The standard InChI is InChI=1S/C17H28N2/c1-5-8-18-11-15-9-13(2)6-7-17(15)19(4)12-16-10-14(16)3/h6-7,9,14,16,18H,5,8,10-12H2,1-4H3. The van der Waals surface area contributed by atoms with Crippen LogP contribution in [0, 0.1) is 18.8 Å². The molecule has 1 aliphatic rings. The minimum absolute atomic E-state index is 0.905. The maximum Gasteiger partial charge on any atom is 0.0409 e. The predicted octanol–water partition coefficient (Wildman–Crippen LogP) is 3.59. The maximum atomic E-state index is 3.52. The van der Waals surface area contributed by atoms with Crippen LogP contribution in [-0.4, -0.2) is 20.1 Å². The van der Waals surface area contributed by atoms with Gasteiger partial charge in [0.1, 0.15) is 0 Å². The van der Waals surface area contributed by atoms with Crippen molar-refractivity contribution in [3.8, 4) is 0 Å². The van der Waals surface area contributed by atoms with Crippen molar-refractivity contribution in [3.05, 3.63) is 29.3 Å². The van der Waals surface area contributed by atoms with Gasteiger partial charge in [-0.15, -0.1) is 0 Å². The van der Waals surface area contributed by atoms with Crippen LogP contribution in [-0.2, 0) is 6.54 Å². The third kappa shape index (κ3) is 3.97. The van der Waals surface area contributed by atoms with Crippen molar-refractivity contribution in [3.63, 3.8) is 0 Å². The molecule has 2 heteroatoms. The number of aryl methyl sites for hydroxylation is 1. The molecule has 0 amide bonds. The van der Waals surface area contributed by atoms with Gasteiger partial charge >= 0.3 is 0 Å². The molecular formula is C17H28N2. The van der Waals surface area contributed by atoms with Crippen molar-refractivity contribution in [2.24, 2.45) is 11.8 Å². The van der Waals surface area contributed by atoms with Crippen LogP contribution >= 0.6 is 0 Å². The number of benzene rings is 1. The molecule has 2 rings (SSSR count). The van der Waals surface area contributed by atoms with Gasteiger partial charge in [-0.2, -0.15) is 0 Å². The van der Waals surface area contributed by atoms with Crippen molar-refractivity contribution in [1.29, 1.82) is 0 Å². The highest BCUT2D eigenvalue weighted by atomic mass is 15.1. The van der Waals surface area contributed by atoms with E-state index in [0.717, 1.165) is 24.9 Å². The Balaban J connectivity index is 2.04. The smallest absolute Gasteiger partial charge is 0.0409 e. The molecule has 1 aromatic carbocycles. The van der Waals surface area contributed by atoms with Crippen LogP contribution in [0.25, 0.3) is 0 Å². The van der Waals surface area contributed by atoms with Crippen molar-refractivity contribution in [1.82, 2.24) is 5.32 Å². The Bertz CT molecular complexity index is 414. The van der Waals surface area contributed by atoms with Gasteiger partial charge in [0.15, 0.2) is 0 Å². The van der Waals surface area contributed by atoms with Crippen molar-refractivity contribution in [2.45, 2.75) is 40.2 Å². The highest BCUT2D eigenvalue weighted by Gasteiger charge is 2.33. The SMILES string of the molecule is CCCNCc1cc(C)ccc1N(C)CC1CC1C. The summed E-state index contributed by atoms with van der Waals surface area (Å²) in [7, 11) is 2.24. The molecule has 0 heterocycles. The molecule has 0 aliphatic heterocycles. The Hall–Kier alpha value is -1.02. The average Bonchev–Trinajstić information content (AvgIpc) is 3.05. The van der Waals surface area contributed by atoms with E-state index < -0.39 is 0 Å². The summed E-state index contributed by atoms with van der Waals surface area (Å²) in [6.45, 7) is 10.0. The van der Waals surface area contributed by atoms with Crippen molar-refractivity contribution < 1.29 is 0 Å². The minimum atomic E-state index is 0.905. The molecule has 1 aromatic rings. The fraction of sp³-hybridized carbons (Fsp3) is 0.647. The predicted molar refractivity (Wildman–Crippen MR) is 83.7 cm³/mol. The van der Waals surface area contributed by atoms with Crippen LogP contribution in [0.1, 0.15) is 37.8 Å². The highest BCUT2D eigenvalue weighted by molar-refractivity contribution is 5.54. The lowest BCUT2D eigenvalue weighted by atomic mass is 10.1. The third-order valence-corrected chi connectivity index (χ3v) is 4.17. The fourth-order valence-corrected chi connectivity index (χ4v) is 2.73. The Labute approximate surface area is 118 Å². The minimum Gasteiger partial charge on any atom is -0.374 e. The second-order valence-corrected chi connectivity index (χ2v) is 6.16. The summed E-state index contributed by atoms with van der Waals surface area (Å²) in [5.41, 5.74) is 4.18. The molecule has 0 radical (unpaired) electrons. The first-order valence-corrected chi connectivity index (χ1v) is 7.63. The zero-order chi connectivity index (χ0) is 13.8. The van der Waals surface area contributed by atoms with E-state index in [1.807, 2.05) is 0 Å². The largest absolute Gasteiger partial charge is 0.374 e. The summed E-state index contributed by atoms with van der Waals surface area (Å²) in [6, 6.07) is 6.83. The van der Waals surface area contributed by atoms with Gasteiger partial charge in [0, 0.05) is 25.8 Å². The normalized spacial score (nSPS) is 21.5. The average molecular weight is 260 g/mol. The van der Waals surface area contributed by atoms with Crippen LogP contribution in [0.5, 0.6) is 0 Å². The number of nitrogens with one attached hydrogen (secondary N) is 1. The summed E-state index contributed by atoms with van der Waals surface area (Å²) in [5.74, 6) is 1.83. The van der Waals surface area contributed by atoms with Crippen LogP contribution in [0.15, 0.2) is 18.2 Å². The second-order valence-electron chi connectivity index (χ2n) is 6.16. The van der Waals surface area contributed by atoms with E-state index in [1.165, 1.54) is 36.2 Å². The Morgan fingerprint density at radius 1 is 1.37 bits per heavy atom. The summed E-state index contributed by atoms with van der Waals surface area (Å²) in [4.78, 5) is 2.44. The lowest BCUT2D eigenvalue weighted by Gasteiger charge is -2.23. The van der Waals surface area contributed by atoms with E-state index in [9.17, 15) is 0 Å². The quantitative estimate of drug-likeness (QED) is 0.754. The summed E-state index contributed by atoms with van der Waals surface area (Å²) in [5, 5.41) is 3.52. The number of hydrogen-bond acceptors (Lipinski definition) is 2. The molecule has 0 aromatic heterocycles. The van der Waals surface area contributed by atoms with Crippen LogP contribution in [0.3, 0.4) is 0 Å². The van der Waals surface area contributed by atoms with E-state index >= 15 is 0 Å². The molecule has 2 nitrogen and oxygen atoms in total. The first-order chi connectivity index (χ1) is 9.11. The van der Waals surface area contributed by atoms with E-state index in [4.69, 9.17) is 0 Å². The molecule has 1 N–H and O–H groups in total. The summed E-state index contributed by atoms with van der Waals surface area (Å²) >= 11 is 0. The van der Waals surface area contributed by atoms with Gasteiger partial charge in [0.2, 0.25) is 0 Å². The van der Waals surface area contributed by atoms with Gasteiger partial charge < -0.3 is 10.2 Å². The number of rotatable bonds is 7. The fourth-order valence-electron chi connectivity index (χ4n) is 2.73. The van der Waals surface area contributed by atoms with Gasteiger partial charge in [-0.1, -0.05) is 31.5 Å². The third-order valence-electron chi connectivity index (χ3n) is 4.17. The Kier molecular flexibility index (Phi) is 4.87. The number of hydrogen-bond donors (Lipinski definition) is 1. The van der Waals surface area contributed by atoms with Gasteiger partial charge in [0.05, 0.1) is 0 Å². The van der Waals surface area contributed by atoms with Gasteiger partial charge in [0.25, 0.3) is 0 Å². The van der Waals surface area contributed by atoms with Gasteiger partial charge in [-0.25, -0.2) is 0 Å². The van der Waals surface area contributed by atoms with Gasteiger partial charge in [-0.05, 0) is 49.8 Å². The topological polar surface area (TPSA) is 15.3 Å². The number of anilines is 1. The molecule has 0 saturated heterocycles. The van der Waals surface area contributed by atoms with Crippen LogP contribution in [0.2, 0.25) is 0 Å². The molecular weight excluding hydrogens is 232 g/mol. The molecule has 2 atom stereocenters. The molecule has 1 saturated carbocycles. The first kappa shape index (κ1) is 14.4. The van der Waals surface area contributed by atoms with Gasteiger partial charge in [-0.3, -0.25) is 0 Å². The molecule has 19 heavy (non-hydrogen) atoms. The molecule has 0 bridgehead atoms. The van der Waals surface area contributed by atoms with E-state index in [2.05, 4.69) is 56.2 Å². The molecule has 1 aliphatic carbocycles. The molecule has 1 fully saturated rings. The van der Waals surface area contributed by atoms with Crippen LogP contribution in [0.4, 0.5) is 5.69 Å². The zero-order valence-corrected chi connectivity index (χ0v) is 12.9. The second kappa shape index (κ2) is 6.42. The lowest BCUT2D eigenvalue weighted by molar-refractivity contribution is 0.669. The maximum absolute atomic E-state index is 3.52. The van der Waals surface area contributed by atoms with E-state index in [-0.39, 0.29) is 0 Å². The van der Waals surface area contributed by atoms with Crippen molar-refractivity contribution >= 4 is 5.69 Å². The highest BCUT2D eigenvalue weighted by Crippen LogP contribution is 2.39. The van der Waals surface area contributed by atoms with Crippen LogP contribution < -0.4 is 10.2 Å².